The molecule has 0 N–H and O–H groups in total. The van der Waals surface area contributed by atoms with Crippen LogP contribution in [0.15, 0.2) is 72.5 Å². The van der Waals surface area contributed by atoms with Crippen molar-refractivity contribution in [3.05, 3.63) is 83.6 Å². The van der Waals surface area contributed by atoms with Crippen molar-refractivity contribution in [3.8, 4) is 0 Å². The fraction of sp³-hybridized carbons (Fsp3) is 0.346. The third kappa shape index (κ3) is 3.56. The molecule has 2 aromatic carbocycles. The number of nitrogens with zero attached hydrogens (tertiary/aromatic N) is 2. The molecule has 0 bridgehead atoms. The number of fused-ring (bicyclic) bond motifs is 1. The normalized spacial score (nSPS) is 16.2. The first-order valence-corrected chi connectivity index (χ1v) is 10.1. The second-order valence-corrected chi connectivity index (χ2v) is 8.54. The molecule has 0 atom stereocenters. The molecule has 1 aliphatic rings. The van der Waals surface area contributed by atoms with Crippen molar-refractivity contribution in [1.29, 1.82) is 0 Å². The van der Waals surface area contributed by atoms with E-state index in [0.29, 0.717) is 5.92 Å². The molecule has 0 saturated carbocycles. The minimum Gasteiger partial charge on any atom is -0.348 e. The first kappa shape index (κ1) is 20.1. The molecule has 0 aromatic heterocycles. The molecule has 2 heteroatoms. The van der Waals surface area contributed by atoms with Crippen molar-refractivity contribution in [2.75, 3.05) is 19.0 Å². The summed E-state index contributed by atoms with van der Waals surface area (Å²) < 4.78 is 2.32. The topological polar surface area (TPSA) is 6.25 Å². The van der Waals surface area contributed by atoms with E-state index < -0.39 is 0 Å². The Balaban J connectivity index is 1.94. The Hall–Kier alpha value is -2.61. The van der Waals surface area contributed by atoms with Crippen LogP contribution in [-0.4, -0.2) is 24.4 Å². The highest BCUT2D eigenvalue weighted by Gasteiger charge is 2.42. The average molecular weight is 374 g/mol. The molecule has 3 rings (SSSR count). The van der Waals surface area contributed by atoms with Crippen LogP contribution in [0, 0.1) is 12.8 Å². The van der Waals surface area contributed by atoms with Crippen LogP contribution >= 0.6 is 0 Å². The van der Waals surface area contributed by atoms with Crippen molar-refractivity contribution in [2.24, 2.45) is 5.92 Å². The number of anilines is 1. The van der Waals surface area contributed by atoms with Gasteiger partial charge >= 0.3 is 0 Å². The summed E-state index contributed by atoms with van der Waals surface area (Å²) in [6.45, 7) is 11.3. The summed E-state index contributed by atoms with van der Waals surface area (Å²) in [5, 5.41) is 0. The van der Waals surface area contributed by atoms with Gasteiger partial charge in [-0.2, -0.15) is 4.58 Å². The van der Waals surface area contributed by atoms with Gasteiger partial charge < -0.3 is 4.90 Å². The van der Waals surface area contributed by atoms with E-state index in [2.05, 4.69) is 125 Å². The second kappa shape index (κ2) is 7.79. The minimum absolute atomic E-state index is 0.00952. The highest BCUT2D eigenvalue weighted by molar-refractivity contribution is 6.03. The Labute approximate surface area is 170 Å². The number of rotatable bonds is 5. The molecule has 0 saturated heterocycles. The zero-order chi connectivity index (χ0) is 20.5. The monoisotopic (exact) mass is 373 g/mol. The van der Waals surface area contributed by atoms with E-state index in [0.717, 1.165) is 0 Å². The summed E-state index contributed by atoms with van der Waals surface area (Å²) in [6, 6.07) is 17.3. The molecular formula is C26H33N2+. The predicted molar refractivity (Wildman–Crippen MR) is 122 cm³/mol. The summed E-state index contributed by atoms with van der Waals surface area (Å²) in [5.74, 6) is 0.436. The van der Waals surface area contributed by atoms with E-state index in [1.54, 1.807) is 0 Å². The van der Waals surface area contributed by atoms with Gasteiger partial charge in [0.25, 0.3) is 0 Å². The van der Waals surface area contributed by atoms with Gasteiger partial charge in [0.15, 0.2) is 5.71 Å². The van der Waals surface area contributed by atoms with Gasteiger partial charge in [-0.1, -0.05) is 56.3 Å². The Morgan fingerprint density at radius 2 is 1.68 bits per heavy atom. The maximum Gasteiger partial charge on any atom is 0.209 e. The lowest BCUT2D eigenvalue weighted by atomic mass is 9.81. The molecule has 0 unspecified atom stereocenters. The van der Waals surface area contributed by atoms with Crippen LogP contribution in [0.2, 0.25) is 0 Å². The molecule has 146 valence electrons. The maximum absolute atomic E-state index is 2.32. The molecular weight excluding hydrogens is 340 g/mol. The van der Waals surface area contributed by atoms with Crippen LogP contribution in [0.25, 0.3) is 0 Å². The number of allylic oxidation sites excluding steroid dienone is 4. The number of aryl methyl sites for hydroxylation is 1. The van der Waals surface area contributed by atoms with Gasteiger partial charge in [-0.25, -0.2) is 0 Å². The third-order valence-corrected chi connectivity index (χ3v) is 5.92. The molecule has 1 heterocycles. The van der Waals surface area contributed by atoms with Crippen molar-refractivity contribution < 1.29 is 4.58 Å². The SMILES string of the molecule is Cc1ccccc1N(C)/C(=C/C=C/C1=[N+](C)c2ccccc2C1(C)C)C(C)C. The second-order valence-electron chi connectivity index (χ2n) is 8.54. The highest BCUT2D eigenvalue weighted by atomic mass is 15.1. The Morgan fingerprint density at radius 1 is 1.04 bits per heavy atom. The lowest BCUT2D eigenvalue weighted by Gasteiger charge is -2.27. The van der Waals surface area contributed by atoms with Gasteiger partial charge in [0.1, 0.15) is 7.05 Å². The first-order chi connectivity index (χ1) is 13.2. The number of benzene rings is 2. The van der Waals surface area contributed by atoms with Crippen LogP contribution in [0.5, 0.6) is 0 Å². The van der Waals surface area contributed by atoms with Gasteiger partial charge in [-0.05, 0) is 44.4 Å². The van der Waals surface area contributed by atoms with Crippen molar-refractivity contribution in [1.82, 2.24) is 0 Å². The van der Waals surface area contributed by atoms with Gasteiger partial charge in [0.05, 0.1) is 5.41 Å². The summed E-state index contributed by atoms with van der Waals surface area (Å²) in [6.07, 6.45) is 6.74. The van der Waals surface area contributed by atoms with Crippen molar-refractivity contribution >= 4 is 17.1 Å². The average Bonchev–Trinajstić information content (AvgIpc) is 2.85. The Kier molecular flexibility index (Phi) is 5.60. The van der Waals surface area contributed by atoms with E-state index in [1.807, 2.05) is 0 Å². The fourth-order valence-corrected chi connectivity index (χ4v) is 4.31. The van der Waals surface area contributed by atoms with Crippen LogP contribution in [0.3, 0.4) is 0 Å². The van der Waals surface area contributed by atoms with Crippen molar-refractivity contribution in [3.63, 3.8) is 0 Å². The fourth-order valence-electron chi connectivity index (χ4n) is 4.31. The summed E-state index contributed by atoms with van der Waals surface area (Å²) in [5.41, 5.74) is 7.89. The van der Waals surface area contributed by atoms with Gasteiger partial charge in [-0.15, -0.1) is 0 Å². The van der Waals surface area contributed by atoms with Crippen LogP contribution in [0.4, 0.5) is 11.4 Å². The molecule has 2 nitrogen and oxygen atoms in total. The van der Waals surface area contributed by atoms with Crippen molar-refractivity contribution in [2.45, 2.75) is 40.0 Å². The van der Waals surface area contributed by atoms with Gasteiger partial charge in [0.2, 0.25) is 5.69 Å². The van der Waals surface area contributed by atoms with Crippen LogP contribution < -0.4 is 4.90 Å². The molecule has 2 aromatic rings. The summed E-state index contributed by atoms with van der Waals surface area (Å²) >= 11 is 0. The maximum atomic E-state index is 2.32. The number of hydrogen-bond donors (Lipinski definition) is 0. The lowest BCUT2D eigenvalue weighted by Crippen LogP contribution is -2.26. The zero-order valence-electron chi connectivity index (χ0n) is 18.3. The Morgan fingerprint density at radius 3 is 2.32 bits per heavy atom. The number of hydrogen-bond acceptors (Lipinski definition) is 1. The van der Waals surface area contributed by atoms with Crippen LogP contribution in [0.1, 0.15) is 38.8 Å². The standard InChI is InChI=1S/C26H33N2/c1-19(2)22(27(6)23-15-10-8-13-20(23)3)17-12-18-25-26(4,5)21-14-9-11-16-24(21)28(25)7/h8-19H,1-7H3/q+1. The van der Waals surface area contributed by atoms with E-state index in [1.165, 1.54) is 33.9 Å². The van der Waals surface area contributed by atoms with E-state index >= 15 is 0 Å². The Bertz CT molecular complexity index is 958. The zero-order valence-corrected chi connectivity index (χ0v) is 18.3. The van der Waals surface area contributed by atoms with Gasteiger partial charge in [0, 0.05) is 36.1 Å². The number of para-hydroxylation sites is 2. The highest BCUT2D eigenvalue weighted by Crippen LogP contribution is 2.39. The molecule has 0 amide bonds. The van der Waals surface area contributed by atoms with E-state index in [-0.39, 0.29) is 5.41 Å². The smallest absolute Gasteiger partial charge is 0.209 e. The lowest BCUT2D eigenvalue weighted by molar-refractivity contribution is -0.401. The summed E-state index contributed by atoms with van der Waals surface area (Å²) in [7, 11) is 4.33. The molecule has 0 fully saturated rings. The molecule has 0 radical (unpaired) electrons. The predicted octanol–water partition coefficient (Wildman–Crippen LogP) is 6.23. The first-order valence-electron chi connectivity index (χ1n) is 10.1. The molecule has 28 heavy (non-hydrogen) atoms. The molecule has 1 aliphatic heterocycles. The summed E-state index contributed by atoms with van der Waals surface area (Å²) in [4.78, 5) is 2.31. The molecule has 0 spiro atoms. The third-order valence-electron chi connectivity index (χ3n) is 5.92. The quantitative estimate of drug-likeness (QED) is 0.444. The largest absolute Gasteiger partial charge is 0.348 e. The minimum atomic E-state index is 0.00952. The van der Waals surface area contributed by atoms with E-state index in [4.69, 9.17) is 0 Å². The molecule has 0 aliphatic carbocycles. The van der Waals surface area contributed by atoms with Crippen LogP contribution in [-0.2, 0) is 5.41 Å². The van der Waals surface area contributed by atoms with Gasteiger partial charge in [-0.3, -0.25) is 0 Å². The van der Waals surface area contributed by atoms with E-state index in [9.17, 15) is 0 Å².